The molecule has 3 aliphatic rings. The number of benzene rings is 1. The van der Waals surface area contributed by atoms with E-state index in [2.05, 4.69) is 20.3 Å². The first kappa shape index (κ1) is 26.2. The van der Waals surface area contributed by atoms with Crippen LogP contribution in [-0.2, 0) is 11.3 Å². The first-order valence-corrected chi connectivity index (χ1v) is 14.1. The van der Waals surface area contributed by atoms with Gasteiger partial charge < -0.3 is 19.5 Å². The van der Waals surface area contributed by atoms with Crippen LogP contribution >= 0.6 is 34.5 Å². The van der Waals surface area contributed by atoms with Crippen LogP contribution < -0.4 is 10.2 Å². The maximum atomic E-state index is 12.1. The number of hydrogen-bond acceptors (Lipinski definition) is 9. The molecule has 0 radical (unpaired) electrons. The van der Waals surface area contributed by atoms with Gasteiger partial charge in [-0.3, -0.25) is 4.90 Å². The Labute approximate surface area is 229 Å². The van der Waals surface area contributed by atoms with Gasteiger partial charge in [-0.15, -0.1) is 0 Å². The zero-order valence-electron chi connectivity index (χ0n) is 21.0. The van der Waals surface area contributed by atoms with Crippen molar-refractivity contribution in [3.05, 3.63) is 56.9 Å². The lowest BCUT2D eigenvalue weighted by Crippen LogP contribution is -2.54. The third-order valence-electron chi connectivity index (χ3n) is 6.26. The van der Waals surface area contributed by atoms with Crippen molar-refractivity contribution in [2.45, 2.75) is 46.2 Å². The number of rotatable bonds is 7. The van der Waals surface area contributed by atoms with Crippen molar-refractivity contribution in [3.8, 4) is 0 Å². The van der Waals surface area contributed by atoms with E-state index in [1.165, 1.54) is 0 Å². The van der Waals surface area contributed by atoms with Crippen molar-refractivity contribution >= 4 is 61.4 Å². The second kappa shape index (κ2) is 11.1. The molecular weight excluding hydrogens is 533 g/mol. The topological polar surface area (TPSA) is 93.6 Å². The van der Waals surface area contributed by atoms with E-state index in [0.29, 0.717) is 23.7 Å². The lowest BCUT2D eigenvalue weighted by Gasteiger charge is -2.42. The lowest BCUT2D eigenvalue weighted by atomic mass is 9.98. The van der Waals surface area contributed by atoms with E-state index in [0.717, 1.165) is 75.7 Å². The minimum Gasteiger partial charge on any atom is -0.462 e. The number of ether oxygens (including phenoxy) is 1. The number of nitrogens with one attached hydrogen (secondary N) is 1. The minimum absolute atomic E-state index is 0.187. The summed E-state index contributed by atoms with van der Waals surface area (Å²) in [5.41, 5.74) is 3.98. The van der Waals surface area contributed by atoms with Crippen molar-refractivity contribution in [3.63, 3.8) is 0 Å². The molecule has 3 aromatic rings. The summed E-state index contributed by atoms with van der Waals surface area (Å²) >= 11 is 14.7. The van der Waals surface area contributed by atoms with Gasteiger partial charge in [0.25, 0.3) is 0 Å². The predicted octanol–water partition coefficient (Wildman–Crippen LogP) is 6.24. The highest BCUT2D eigenvalue weighted by atomic mass is 35.5. The van der Waals surface area contributed by atoms with Gasteiger partial charge in [0.05, 0.1) is 41.8 Å². The molecule has 196 valence electrons. The van der Waals surface area contributed by atoms with E-state index >= 15 is 0 Å². The molecule has 1 atom stereocenters. The second-order valence-electron chi connectivity index (χ2n) is 8.76. The second-order valence-corrected chi connectivity index (χ2v) is 10.6. The molecule has 2 aliphatic heterocycles. The fraction of sp³-hybridized carbons (Fsp3) is 0.423. The van der Waals surface area contributed by atoms with Gasteiger partial charge in [-0.05, 0) is 38.0 Å². The molecule has 0 bridgehead atoms. The standard InChI is InChI=1S/C24H23Cl2N5O3S.C2H6/c1-2-33-23(32)13-6-7-17-19(8-13)35-24(28-17)31-11-30(12-31)10-14-21(29-34-22(14)18-9-27-18)20-15(25)4-3-5-16(20)26;1-2/h4,6-8,18,27H,2-3,5,9-12H2,1H3;1-2H3. The third kappa shape index (κ3) is 5.28. The van der Waals surface area contributed by atoms with Gasteiger partial charge in [0.15, 0.2) is 10.9 Å². The first-order chi connectivity index (χ1) is 18.0. The molecule has 4 heterocycles. The number of thiazole rings is 1. The van der Waals surface area contributed by atoms with Gasteiger partial charge >= 0.3 is 5.97 Å². The summed E-state index contributed by atoms with van der Waals surface area (Å²) in [6, 6.07) is 5.67. The molecule has 1 aromatic carbocycles. The average molecular weight is 563 g/mol. The Morgan fingerprint density at radius 2 is 2.08 bits per heavy atom. The number of nitrogens with zero attached hydrogens (tertiary/aromatic N) is 4. The zero-order valence-corrected chi connectivity index (χ0v) is 23.3. The van der Waals surface area contributed by atoms with Gasteiger partial charge in [-0.2, -0.15) is 0 Å². The summed E-state index contributed by atoms with van der Waals surface area (Å²) in [5, 5.41) is 9.98. The van der Waals surface area contributed by atoms with Crippen LogP contribution in [-0.4, -0.2) is 47.5 Å². The monoisotopic (exact) mass is 561 g/mol. The first-order valence-electron chi connectivity index (χ1n) is 12.5. The number of esters is 1. The van der Waals surface area contributed by atoms with Gasteiger partial charge in [0, 0.05) is 34.3 Å². The maximum Gasteiger partial charge on any atom is 0.338 e. The molecule has 1 N–H and O–H groups in total. The highest BCUT2D eigenvalue weighted by molar-refractivity contribution is 7.22. The number of fused-ring (bicyclic) bond motifs is 1. The van der Waals surface area contributed by atoms with E-state index in [4.69, 9.17) is 37.4 Å². The van der Waals surface area contributed by atoms with Crippen LogP contribution in [0.5, 0.6) is 0 Å². The number of halogens is 2. The highest BCUT2D eigenvalue weighted by Crippen LogP contribution is 2.41. The number of hydrogen-bond donors (Lipinski definition) is 1. The van der Waals surface area contributed by atoms with Crippen molar-refractivity contribution in [2.75, 3.05) is 31.4 Å². The molecule has 1 aliphatic carbocycles. The van der Waals surface area contributed by atoms with Gasteiger partial charge in [0.2, 0.25) is 0 Å². The van der Waals surface area contributed by atoms with Crippen molar-refractivity contribution in [2.24, 2.45) is 0 Å². The predicted molar refractivity (Wildman–Crippen MR) is 148 cm³/mol. The number of allylic oxidation sites excluding steroid dienone is 4. The van der Waals surface area contributed by atoms with Gasteiger partial charge in [-0.1, -0.05) is 59.6 Å². The summed E-state index contributed by atoms with van der Waals surface area (Å²) in [4.78, 5) is 21.3. The lowest BCUT2D eigenvalue weighted by molar-refractivity contribution is 0.0526. The Hall–Kier alpha value is -2.43. The summed E-state index contributed by atoms with van der Waals surface area (Å²) in [7, 11) is 0. The number of anilines is 1. The maximum absolute atomic E-state index is 12.1. The molecule has 0 spiro atoms. The minimum atomic E-state index is -0.312. The molecule has 37 heavy (non-hydrogen) atoms. The number of aromatic nitrogens is 2. The van der Waals surface area contributed by atoms with Gasteiger partial charge in [0.1, 0.15) is 5.69 Å². The smallest absolute Gasteiger partial charge is 0.338 e. The van der Waals surface area contributed by atoms with Crippen molar-refractivity contribution in [1.29, 1.82) is 0 Å². The fourth-order valence-corrected chi connectivity index (χ4v) is 6.04. The molecule has 2 aromatic heterocycles. The van der Waals surface area contributed by atoms with Crippen LogP contribution in [0.4, 0.5) is 5.13 Å². The summed E-state index contributed by atoms with van der Waals surface area (Å²) in [5.74, 6) is 0.546. The van der Waals surface area contributed by atoms with E-state index in [1.807, 2.05) is 32.1 Å². The van der Waals surface area contributed by atoms with E-state index < -0.39 is 0 Å². The number of carbonyl (C=O) groups excluding carboxylic acids is 1. The largest absolute Gasteiger partial charge is 0.462 e. The molecule has 11 heteroatoms. The molecular formula is C26H29Cl2N5O3S. The average Bonchev–Trinajstić information content (AvgIpc) is 3.50. The molecule has 6 rings (SSSR count). The van der Waals surface area contributed by atoms with Crippen LogP contribution in [0.3, 0.4) is 0 Å². The molecule has 0 amide bonds. The normalized spacial score (nSPS) is 19.3. The Bertz CT molecular complexity index is 1370. The Kier molecular flexibility index (Phi) is 7.88. The van der Waals surface area contributed by atoms with Crippen LogP contribution in [0.25, 0.3) is 15.8 Å². The van der Waals surface area contributed by atoms with E-state index in [9.17, 15) is 4.79 Å². The Morgan fingerprint density at radius 3 is 2.78 bits per heavy atom. The van der Waals surface area contributed by atoms with Crippen LogP contribution in [0.2, 0.25) is 0 Å². The molecule has 2 fully saturated rings. The van der Waals surface area contributed by atoms with Crippen LogP contribution in [0.1, 0.15) is 67.0 Å². The van der Waals surface area contributed by atoms with E-state index in [-0.39, 0.29) is 12.0 Å². The van der Waals surface area contributed by atoms with Crippen molar-refractivity contribution < 1.29 is 14.1 Å². The Morgan fingerprint density at radius 1 is 1.30 bits per heavy atom. The fourth-order valence-electron chi connectivity index (χ4n) is 4.39. The van der Waals surface area contributed by atoms with E-state index in [1.54, 1.807) is 24.3 Å². The van der Waals surface area contributed by atoms with Crippen molar-refractivity contribution in [1.82, 2.24) is 20.4 Å². The highest BCUT2D eigenvalue weighted by Gasteiger charge is 2.36. The molecule has 8 nitrogen and oxygen atoms in total. The summed E-state index contributed by atoms with van der Waals surface area (Å²) in [6.45, 7) is 9.16. The summed E-state index contributed by atoms with van der Waals surface area (Å²) in [6.07, 6.45) is 3.57. The van der Waals surface area contributed by atoms with Crippen LogP contribution in [0.15, 0.2) is 38.9 Å². The van der Waals surface area contributed by atoms with Gasteiger partial charge in [-0.25, -0.2) is 9.78 Å². The quantitative estimate of drug-likeness (QED) is 0.267. The third-order valence-corrected chi connectivity index (χ3v) is 8.06. The zero-order chi connectivity index (χ0) is 26.1. The van der Waals surface area contributed by atoms with Crippen LogP contribution in [0, 0.1) is 0 Å². The summed E-state index contributed by atoms with van der Waals surface area (Å²) < 4.78 is 11.8. The molecule has 1 unspecified atom stereocenters. The number of carbonyl (C=O) groups is 1. The molecule has 2 saturated heterocycles. The Balaban J connectivity index is 0.00000137. The molecule has 0 saturated carbocycles. The SMILES string of the molecule is CC.CCOC(=O)c1ccc2nc(N3CN(Cc4c(C5=C(Cl)CCC=C5Cl)noc4C4CN4)C3)sc2c1.